The number of hydrogen-bond acceptors (Lipinski definition) is 4. The van der Waals surface area contributed by atoms with Gasteiger partial charge in [-0.05, 0) is 36.8 Å². The average Bonchev–Trinajstić information content (AvgIpc) is 3.03. The molecule has 0 aliphatic heterocycles. The average molecular weight is 314 g/mol. The predicted octanol–water partition coefficient (Wildman–Crippen LogP) is 4.24. The van der Waals surface area contributed by atoms with Crippen molar-refractivity contribution in [2.75, 3.05) is 0 Å². The van der Waals surface area contributed by atoms with Crippen molar-refractivity contribution in [3.05, 3.63) is 71.1 Å². The molecule has 1 aromatic heterocycles. The Bertz CT molecular complexity index is 725. The molecule has 1 heterocycles. The van der Waals surface area contributed by atoms with Crippen LogP contribution in [0.25, 0.3) is 11.5 Å². The molecule has 0 radical (unpaired) electrons. The molecule has 112 valence electrons. The molecule has 4 nitrogen and oxygen atoms in total. The smallest absolute Gasteiger partial charge is 0.247 e. The maximum atomic E-state index is 5.87. The van der Waals surface area contributed by atoms with Crippen LogP contribution in [0, 0.1) is 0 Å². The van der Waals surface area contributed by atoms with Gasteiger partial charge in [-0.15, -0.1) is 10.2 Å². The van der Waals surface area contributed by atoms with Crippen LogP contribution >= 0.6 is 11.6 Å². The first-order valence-electron chi connectivity index (χ1n) is 7.09. The van der Waals surface area contributed by atoms with E-state index < -0.39 is 0 Å². The van der Waals surface area contributed by atoms with Crippen LogP contribution in [0.2, 0.25) is 5.02 Å². The summed E-state index contributed by atoms with van der Waals surface area (Å²) in [4.78, 5) is 0. The normalized spacial score (nSPS) is 12.3. The first kappa shape index (κ1) is 14.8. The number of hydrogen-bond donors (Lipinski definition) is 1. The molecule has 0 unspecified atom stereocenters. The summed E-state index contributed by atoms with van der Waals surface area (Å²) < 4.78 is 5.67. The van der Waals surface area contributed by atoms with Crippen LogP contribution in [0.4, 0.5) is 0 Å². The van der Waals surface area contributed by atoms with Crippen LogP contribution in [0.3, 0.4) is 0 Å². The fourth-order valence-electron chi connectivity index (χ4n) is 2.13. The summed E-state index contributed by atoms with van der Waals surface area (Å²) in [6.07, 6.45) is 0. The second-order valence-electron chi connectivity index (χ2n) is 5.02. The van der Waals surface area contributed by atoms with Gasteiger partial charge >= 0.3 is 0 Å². The maximum absolute atomic E-state index is 5.87. The number of rotatable bonds is 5. The van der Waals surface area contributed by atoms with Gasteiger partial charge in [-0.1, -0.05) is 41.9 Å². The van der Waals surface area contributed by atoms with Gasteiger partial charge < -0.3 is 9.73 Å². The zero-order valence-electron chi connectivity index (χ0n) is 12.2. The number of halogens is 1. The fourth-order valence-corrected chi connectivity index (χ4v) is 2.26. The summed E-state index contributed by atoms with van der Waals surface area (Å²) in [6.45, 7) is 2.63. The highest BCUT2D eigenvalue weighted by molar-refractivity contribution is 6.30. The summed E-state index contributed by atoms with van der Waals surface area (Å²) >= 11 is 5.87. The van der Waals surface area contributed by atoms with Crippen molar-refractivity contribution in [1.29, 1.82) is 0 Å². The fraction of sp³-hybridized carbons (Fsp3) is 0.176. The zero-order chi connectivity index (χ0) is 15.4. The Labute approximate surface area is 134 Å². The second kappa shape index (κ2) is 6.73. The van der Waals surface area contributed by atoms with Gasteiger partial charge in [-0.2, -0.15) is 0 Å². The standard InChI is InChI=1S/C17H16ClN3O/c1-12(13-5-3-2-4-6-13)19-11-16-20-21-17(22-16)14-7-9-15(18)10-8-14/h2-10,12,19H,11H2,1H3/t12-/m1/s1. The minimum Gasteiger partial charge on any atom is -0.419 e. The topological polar surface area (TPSA) is 51.0 Å². The van der Waals surface area contributed by atoms with E-state index in [0.717, 1.165) is 5.56 Å². The highest BCUT2D eigenvalue weighted by atomic mass is 35.5. The Morgan fingerprint density at radius 3 is 2.50 bits per heavy atom. The first-order valence-corrected chi connectivity index (χ1v) is 7.47. The van der Waals surface area contributed by atoms with Crippen LogP contribution in [0.15, 0.2) is 59.0 Å². The molecule has 0 spiro atoms. The SMILES string of the molecule is C[C@@H](NCc1nnc(-c2ccc(Cl)cc2)o1)c1ccccc1. The molecule has 2 aromatic carbocycles. The van der Waals surface area contributed by atoms with E-state index in [1.165, 1.54) is 5.56 Å². The van der Waals surface area contributed by atoms with Crippen molar-refractivity contribution >= 4 is 11.6 Å². The summed E-state index contributed by atoms with van der Waals surface area (Å²) in [5, 5.41) is 12.2. The zero-order valence-corrected chi connectivity index (χ0v) is 12.9. The Balaban J connectivity index is 1.63. The minimum atomic E-state index is 0.215. The van der Waals surface area contributed by atoms with Crippen LogP contribution in [-0.2, 0) is 6.54 Å². The van der Waals surface area contributed by atoms with Crippen molar-refractivity contribution in [1.82, 2.24) is 15.5 Å². The van der Waals surface area contributed by atoms with Crippen molar-refractivity contribution in [2.24, 2.45) is 0 Å². The van der Waals surface area contributed by atoms with Gasteiger partial charge in [-0.25, -0.2) is 0 Å². The van der Waals surface area contributed by atoms with Gasteiger partial charge in [0.25, 0.3) is 0 Å². The van der Waals surface area contributed by atoms with Crippen molar-refractivity contribution in [3.8, 4) is 11.5 Å². The van der Waals surface area contributed by atoms with Gasteiger partial charge in [0.05, 0.1) is 6.54 Å². The minimum absolute atomic E-state index is 0.215. The number of benzene rings is 2. The molecule has 0 aliphatic carbocycles. The third kappa shape index (κ3) is 3.53. The largest absolute Gasteiger partial charge is 0.419 e. The van der Waals surface area contributed by atoms with Gasteiger partial charge in [0.15, 0.2) is 0 Å². The maximum Gasteiger partial charge on any atom is 0.247 e. The Morgan fingerprint density at radius 2 is 1.77 bits per heavy atom. The molecule has 1 atom stereocenters. The number of nitrogens with one attached hydrogen (secondary N) is 1. The van der Waals surface area contributed by atoms with E-state index in [1.807, 2.05) is 30.3 Å². The lowest BCUT2D eigenvalue weighted by atomic mass is 10.1. The second-order valence-corrected chi connectivity index (χ2v) is 5.46. The summed E-state index contributed by atoms with van der Waals surface area (Å²) in [5.41, 5.74) is 2.08. The van der Waals surface area contributed by atoms with Crippen molar-refractivity contribution in [3.63, 3.8) is 0 Å². The van der Waals surface area contributed by atoms with Gasteiger partial charge in [0.2, 0.25) is 11.8 Å². The lowest BCUT2D eigenvalue weighted by Crippen LogP contribution is -2.18. The molecule has 1 N–H and O–H groups in total. The van der Waals surface area contributed by atoms with E-state index in [9.17, 15) is 0 Å². The van der Waals surface area contributed by atoms with Gasteiger partial charge in [0, 0.05) is 16.6 Å². The first-order chi connectivity index (χ1) is 10.7. The molecule has 22 heavy (non-hydrogen) atoms. The molecule has 0 saturated carbocycles. The summed E-state index contributed by atoms with van der Waals surface area (Å²) in [7, 11) is 0. The molecule has 3 rings (SSSR count). The molecule has 0 aliphatic rings. The summed E-state index contributed by atoms with van der Waals surface area (Å²) in [6, 6.07) is 17.8. The molecule has 0 fully saturated rings. The lowest BCUT2D eigenvalue weighted by molar-refractivity contribution is 0.454. The highest BCUT2D eigenvalue weighted by Gasteiger charge is 2.10. The molecule has 3 aromatic rings. The Morgan fingerprint density at radius 1 is 1.05 bits per heavy atom. The van der Waals surface area contributed by atoms with Crippen LogP contribution < -0.4 is 5.32 Å². The highest BCUT2D eigenvalue weighted by Crippen LogP contribution is 2.20. The van der Waals surface area contributed by atoms with E-state index in [-0.39, 0.29) is 6.04 Å². The van der Waals surface area contributed by atoms with E-state index in [1.54, 1.807) is 12.1 Å². The van der Waals surface area contributed by atoms with Gasteiger partial charge in [-0.3, -0.25) is 0 Å². The Hall–Kier alpha value is -2.17. The van der Waals surface area contributed by atoms with Crippen molar-refractivity contribution in [2.45, 2.75) is 19.5 Å². The lowest BCUT2D eigenvalue weighted by Gasteiger charge is -2.12. The van der Waals surface area contributed by atoms with Crippen LogP contribution in [0.5, 0.6) is 0 Å². The van der Waals surface area contributed by atoms with Crippen LogP contribution in [0.1, 0.15) is 24.4 Å². The number of aromatic nitrogens is 2. The summed E-state index contributed by atoms with van der Waals surface area (Å²) in [5.74, 6) is 1.06. The third-order valence-corrected chi connectivity index (χ3v) is 3.67. The van der Waals surface area contributed by atoms with Crippen LogP contribution in [-0.4, -0.2) is 10.2 Å². The molecule has 0 bridgehead atoms. The Kier molecular flexibility index (Phi) is 4.51. The molecule has 0 saturated heterocycles. The van der Waals surface area contributed by atoms with E-state index in [0.29, 0.717) is 23.3 Å². The predicted molar refractivity (Wildman–Crippen MR) is 86.4 cm³/mol. The molecular formula is C17H16ClN3O. The third-order valence-electron chi connectivity index (χ3n) is 3.42. The van der Waals surface area contributed by atoms with Gasteiger partial charge in [0.1, 0.15) is 0 Å². The molecule has 5 heteroatoms. The van der Waals surface area contributed by atoms with E-state index in [2.05, 4.69) is 34.6 Å². The van der Waals surface area contributed by atoms with E-state index >= 15 is 0 Å². The number of nitrogens with zero attached hydrogens (tertiary/aromatic N) is 2. The molecule has 0 amide bonds. The quantitative estimate of drug-likeness (QED) is 0.765. The molecular weight excluding hydrogens is 298 g/mol. The van der Waals surface area contributed by atoms with Crippen molar-refractivity contribution < 1.29 is 4.42 Å². The van der Waals surface area contributed by atoms with E-state index in [4.69, 9.17) is 16.0 Å². The monoisotopic (exact) mass is 313 g/mol.